The highest BCUT2D eigenvalue weighted by atomic mass is 14.9. The van der Waals surface area contributed by atoms with Crippen LogP contribution in [-0.2, 0) is 0 Å². The predicted molar refractivity (Wildman–Crippen MR) is 76.2 cm³/mol. The van der Waals surface area contributed by atoms with Crippen LogP contribution in [-0.4, -0.2) is 6.54 Å². The standard InChI is InChI=1S/C16H20N2/c1-13(14-8-4-2-5-9-14)18-12-16(17)15-10-6-3-7-11-15/h2-11,13,16,18H,12,17H2,1H3. The smallest absolute Gasteiger partial charge is 0.0421 e. The maximum atomic E-state index is 6.16. The lowest BCUT2D eigenvalue weighted by Crippen LogP contribution is -2.29. The van der Waals surface area contributed by atoms with Gasteiger partial charge < -0.3 is 11.1 Å². The van der Waals surface area contributed by atoms with Crippen LogP contribution < -0.4 is 11.1 Å². The van der Waals surface area contributed by atoms with Crippen molar-refractivity contribution < 1.29 is 0 Å². The average Bonchev–Trinajstić information content (AvgIpc) is 2.46. The molecule has 2 rings (SSSR count). The van der Waals surface area contributed by atoms with Gasteiger partial charge in [-0.15, -0.1) is 0 Å². The molecule has 0 amide bonds. The molecule has 0 aliphatic heterocycles. The largest absolute Gasteiger partial charge is 0.323 e. The minimum Gasteiger partial charge on any atom is -0.323 e. The zero-order valence-corrected chi connectivity index (χ0v) is 10.7. The molecule has 3 N–H and O–H groups in total. The van der Waals surface area contributed by atoms with E-state index in [1.165, 1.54) is 11.1 Å². The molecule has 0 radical (unpaired) electrons. The number of nitrogens with two attached hydrogens (primary N) is 1. The highest BCUT2D eigenvalue weighted by Gasteiger charge is 2.08. The van der Waals surface area contributed by atoms with Gasteiger partial charge in [-0.3, -0.25) is 0 Å². The fraction of sp³-hybridized carbons (Fsp3) is 0.250. The van der Waals surface area contributed by atoms with Crippen molar-refractivity contribution in [1.29, 1.82) is 0 Å². The molecule has 18 heavy (non-hydrogen) atoms. The summed E-state index contributed by atoms with van der Waals surface area (Å²) in [5, 5.41) is 3.47. The first-order valence-corrected chi connectivity index (χ1v) is 6.36. The van der Waals surface area contributed by atoms with E-state index >= 15 is 0 Å². The first kappa shape index (κ1) is 12.8. The van der Waals surface area contributed by atoms with Gasteiger partial charge in [0.25, 0.3) is 0 Å². The van der Waals surface area contributed by atoms with Crippen LogP contribution in [0.25, 0.3) is 0 Å². The van der Waals surface area contributed by atoms with Gasteiger partial charge in [-0.25, -0.2) is 0 Å². The molecule has 2 aromatic rings. The molecule has 94 valence electrons. The van der Waals surface area contributed by atoms with E-state index in [-0.39, 0.29) is 6.04 Å². The Labute approximate surface area is 109 Å². The quantitative estimate of drug-likeness (QED) is 0.843. The summed E-state index contributed by atoms with van der Waals surface area (Å²) in [7, 11) is 0. The van der Waals surface area contributed by atoms with Crippen LogP contribution in [0.3, 0.4) is 0 Å². The number of rotatable bonds is 5. The van der Waals surface area contributed by atoms with Gasteiger partial charge in [-0.05, 0) is 18.1 Å². The van der Waals surface area contributed by atoms with Gasteiger partial charge in [-0.2, -0.15) is 0 Å². The molecular formula is C16H20N2. The molecule has 0 aliphatic carbocycles. The fourth-order valence-corrected chi connectivity index (χ4v) is 1.98. The van der Waals surface area contributed by atoms with Gasteiger partial charge in [0.15, 0.2) is 0 Å². The lowest BCUT2D eigenvalue weighted by Gasteiger charge is -2.18. The van der Waals surface area contributed by atoms with Crippen molar-refractivity contribution in [3.63, 3.8) is 0 Å². The molecule has 2 nitrogen and oxygen atoms in total. The molecule has 0 spiro atoms. The van der Waals surface area contributed by atoms with Gasteiger partial charge in [0.05, 0.1) is 0 Å². The van der Waals surface area contributed by atoms with Crippen molar-refractivity contribution in [3.05, 3.63) is 71.8 Å². The molecular weight excluding hydrogens is 220 g/mol. The summed E-state index contributed by atoms with van der Waals surface area (Å²) in [6.45, 7) is 2.94. The monoisotopic (exact) mass is 240 g/mol. The second-order valence-electron chi connectivity index (χ2n) is 4.56. The highest BCUT2D eigenvalue weighted by Crippen LogP contribution is 2.13. The maximum absolute atomic E-state index is 6.16. The summed E-state index contributed by atoms with van der Waals surface area (Å²) in [4.78, 5) is 0. The van der Waals surface area contributed by atoms with E-state index in [1.54, 1.807) is 0 Å². The normalized spacial score (nSPS) is 14.1. The lowest BCUT2D eigenvalue weighted by molar-refractivity contribution is 0.527. The molecule has 2 atom stereocenters. The van der Waals surface area contributed by atoms with Gasteiger partial charge in [0.2, 0.25) is 0 Å². The van der Waals surface area contributed by atoms with Crippen molar-refractivity contribution in [3.8, 4) is 0 Å². The zero-order chi connectivity index (χ0) is 12.8. The molecule has 0 heterocycles. The summed E-state index contributed by atoms with van der Waals surface area (Å²) in [6.07, 6.45) is 0. The molecule has 0 fully saturated rings. The Kier molecular flexibility index (Phi) is 4.51. The molecule has 2 unspecified atom stereocenters. The Morgan fingerprint density at radius 2 is 1.39 bits per heavy atom. The summed E-state index contributed by atoms with van der Waals surface area (Å²) in [5.41, 5.74) is 8.62. The van der Waals surface area contributed by atoms with Crippen LogP contribution in [0.2, 0.25) is 0 Å². The summed E-state index contributed by atoms with van der Waals surface area (Å²) < 4.78 is 0. The first-order chi connectivity index (χ1) is 8.77. The minimum absolute atomic E-state index is 0.0392. The van der Waals surface area contributed by atoms with E-state index in [1.807, 2.05) is 24.3 Å². The number of nitrogens with one attached hydrogen (secondary N) is 1. The van der Waals surface area contributed by atoms with Gasteiger partial charge in [-0.1, -0.05) is 60.7 Å². The Balaban J connectivity index is 1.89. The van der Waals surface area contributed by atoms with E-state index in [9.17, 15) is 0 Å². The van der Waals surface area contributed by atoms with Crippen molar-refractivity contribution in [2.45, 2.75) is 19.0 Å². The van der Waals surface area contributed by atoms with Crippen LogP contribution in [0.1, 0.15) is 30.1 Å². The van der Waals surface area contributed by atoms with Gasteiger partial charge in [0.1, 0.15) is 0 Å². The van der Waals surface area contributed by atoms with Crippen molar-refractivity contribution in [1.82, 2.24) is 5.32 Å². The zero-order valence-electron chi connectivity index (χ0n) is 10.7. The van der Waals surface area contributed by atoms with E-state index in [0.29, 0.717) is 6.04 Å². The predicted octanol–water partition coefficient (Wildman–Crippen LogP) is 3.04. The Hall–Kier alpha value is -1.64. The van der Waals surface area contributed by atoms with Crippen molar-refractivity contribution in [2.75, 3.05) is 6.54 Å². The van der Waals surface area contributed by atoms with Crippen molar-refractivity contribution >= 4 is 0 Å². The Morgan fingerprint density at radius 3 is 1.94 bits per heavy atom. The van der Waals surface area contributed by atoms with Crippen LogP contribution in [0.4, 0.5) is 0 Å². The molecule has 0 saturated carbocycles. The highest BCUT2D eigenvalue weighted by molar-refractivity contribution is 5.20. The third-order valence-electron chi connectivity index (χ3n) is 3.17. The molecule has 0 saturated heterocycles. The first-order valence-electron chi connectivity index (χ1n) is 6.36. The SMILES string of the molecule is CC(NCC(N)c1ccccc1)c1ccccc1. The third kappa shape index (κ3) is 3.42. The molecule has 0 aromatic heterocycles. The fourth-order valence-electron chi connectivity index (χ4n) is 1.98. The van der Waals surface area contributed by atoms with E-state index in [2.05, 4.69) is 48.6 Å². The maximum Gasteiger partial charge on any atom is 0.0421 e. The molecule has 2 heteroatoms. The second-order valence-corrected chi connectivity index (χ2v) is 4.56. The van der Waals surface area contributed by atoms with Crippen molar-refractivity contribution in [2.24, 2.45) is 5.73 Å². The lowest BCUT2D eigenvalue weighted by atomic mass is 10.1. The van der Waals surface area contributed by atoms with E-state index in [0.717, 1.165) is 6.54 Å². The molecule has 0 aliphatic rings. The average molecular weight is 240 g/mol. The third-order valence-corrected chi connectivity index (χ3v) is 3.17. The molecule has 0 bridgehead atoms. The topological polar surface area (TPSA) is 38.0 Å². The second kappa shape index (κ2) is 6.34. The Morgan fingerprint density at radius 1 is 0.889 bits per heavy atom. The summed E-state index contributed by atoms with van der Waals surface area (Å²) >= 11 is 0. The molecule has 2 aromatic carbocycles. The number of hydrogen-bond acceptors (Lipinski definition) is 2. The Bertz CT molecular complexity index is 408. The van der Waals surface area contributed by atoms with Crippen LogP contribution in [0.15, 0.2) is 60.7 Å². The summed E-state index contributed by atoms with van der Waals surface area (Å²) in [6, 6.07) is 21.0. The van der Waals surface area contributed by atoms with Gasteiger partial charge in [0, 0.05) is 18.6 Å². The summed E-state index contributed by atoms with van der Waals surface area (Å²) in [5.74, 6) is 0. The van der Waals surface area contributed by atoms with Gasteiger partial charge >= 0.3 is 0 Å². The number of benzene rings is 2. The van der Waals surface area contributed by atoms with Crippen LogP contribution in [0, 0.1) is 0 Å². The number of hydrogen-bond donors (Lipinski definition) is 2. The van der Waals surface area contributed by atoms with E-state index in [4.69, 9.17) is 5.73 Å². The van der Waals surface area contributed by atoms with Crippen LogP contribution >= 0.6 is 0 Å². The minimum atomic E-state index is 0.0392. The van der Waals surface area contributed by atoms with E-state index < -0.39 is 0 Å². The van der Waals surface area contributed by atoms with Crippen LogP contribution in [0.5, 0.6) is 0 Å².